The fourth-order valence-electron chi connectivity index (χ4n) is 4.43. The van der Waals surface area contributed by atoms with Gasteiger partial charge in [-0.1, -0.05) is 43.7 Å². The molecule has 0 spiro atoms. The largest absolute Gasteiger partial charge is 0.480 e. The molecular weight excluding hydrogens is 414 g/mol. The summed E-state index contributed by atoms with van der Waals surface area (Å²) in [5, 5.41) is 11.8. The smallest absolute Gasteiger partial charge is 0.327 e. The molecule has 3 aliphatic heterocycles. The van der Waals surface area contributed by atoms with E-state index in [1.165, 1.54) is 55.6 Å². The van der Waals surface area contributed by atoms with Crippen molar-refractivity contribution in [2.24, 2.45) is 0 Å². The summed E-state index contributed by atoms with van der Waals surface area (Å²) in [5.41, 5.74) is 0.872. The van der Waals surface area contributed by atoms with Gasteiger partial charge in [-0.15, -0.1) is 11.8 Å². The lowest BCUT2D eigenvalue weighted by Gasteiger charge is -2.43. The molecule has 0 aliphatic carbocycles. The summed E-state index contributed by atoms with van der Waals surface area (Å²) < 4.78 is -0.578. The van der Waals surface area contributed by atoms with Crippen LogP contribution in [-0.2, 0) is 20.8 Å². The predicted octanol–water partition coefficient (Wildman–Crippen LogP) is 2.35. The Morgan fingerprint density at radius 2 is 1.81 bits per heavy atom. The lowest BCUT2D eigenvalue weighted by molar-refractivity contribution is -0.161. The van der Waals surface area contributed by atoms with Crippen LogP contribution >= 0.6 is 11.8 Å². The van der Waals surface area contributed by atoms with Crippen LogP contribution in [0.2, 0.25) is 0 Å². The van der Waals surface area contributed by atoms with E-state index in [-0.39, 0.29) is 23.6 Å². The Balaban J connectivity index is 0.000000287. The number of thioether (sulfide) groups is 1. The Bertz CT molecular complexity index is 795. The lowest BCUT2D eigenvalue weighted by atomic mass is 9.96. The number of hydrogen-bond acceptors (Lipinski definition) is 5. The van der Waals surface area contributed by atoms with E-state index in [9.17, 15) is 19.5 Å². The maximum absolute atomic E-state index is 12.3. The zero-order valence-corrected chi connectivity index (χ0v) is 19.4. The third-order valence-electron chi connectivity index (χ3n) is 6.09. The number of β-lactam (4-membered cyclic amide) rings is 1. The van der Waals surface area contributed by atoms with E-state index in [2.05, 4.69) is 17.1 Å². The van der Waals surface area contributed by atoms with Gasteiger partial charge in [0.25, 0.3) is 0 Å². The number of benzene rings is 1. The SMILES string of the molecule is CC1(C)S[C@@H]2[C@H](NC(=O)Cc3ccccc3)C(=O)N2[C@H]1C(=O)O.CCN1CCCCC1. The topological polar surface area (TPSA) is 90.0 Å². The van der Waals surface area contributed by atoms with Gasteiger partial charge in [0, 0.05) is 4.75 Å². The maximum Gasteiger partial charge on any atom is 0.327 e. The molecule has 170 valence electrons. The Morgan fingerprint density at radius 1 is 1.16 bits per heavy atom. The minimum absolute atomic E-state index is 0.202. The Kier molecular flexibility index (Phi) is 7.64. The molecule has 0 saturated carbocycles. The number of carboxylic acids is 1. The fourth-order valence-corrected chi connectivity index (χ4v) is 6.05. The van der Waals surface area contributed by atoms with Gasteiger partial charge in [-0.2, -0.15) is 0 Å². The standard InChI is InChI=1S/C16H18N2O4S.C7H15N/c1-16(2)12(15(21)22)18-13(20)11(14(18)23-16)17-10(19)8-9-6-4-3-5-7-9;1-2-8-6-4-3-5-7-8/h3-7,11-12,14H,8H2,1-2H3,(H,17,19)(H,21,22);2-7H2,1H3/t11-,12+,14-;/m1./s1. The minimum Gasteiger partial charge on any atom is -0.480 e. The third-order valence-corrected chi connectivity index (χ3v) is 7.67. The quantitative estimate of drug-likeness (QED) is 0.674. The second-order valence-corrected chi connectivity index (χ2v) is 10.6. The lowest BCUT2D eigenvalue weighted by Crippen LogP contribution is -2.70. The summed E-state index contributed by atoms with van der Waals surface area (Å²) in [5.74, 6) is -1.55. The first-order chi connectivity index (χ1) is 14.7. The number of nitrogens with one attached hydrogen (secondary N) is 1. The summed E-state index contributed by atoms with van der Waals surface area (Å²) in [6.07, 6.45) is 4.51. The zero-order chi connectivity index (χ0) is 22.6. The average Bonchev–Trinajstić information content (AvgIpc) is 3.02. The van der Waals surface area contributed by atoms with Crippen LogP contribution in [0.3, 0.4) is 0 Å². The molecule has 3 atom stereocenters. The molecule has 3 fully saturated rings. The molecule has 0 aromatic heterocycles. The summed E-state index contributed by atoms with van der Waals surface area (Å²) in [6, 6.07) is 7.78. The van der Waals surface area contributed by atoms with Crippen LogP contribution in [-0.4, -0.2) is 74.5 Å². The molecular formula is C23H33N3O4S. The van der Waals surface area contributed by atoms with Crippen molar-refractivity contribution < 1.29 is 19.5 Å². The highest BCUT2D eigenvalue weighted by Gasteiger charge is 2.64. The van der Waals surface area contributed by atoms with Gasteiger partial charge in [0.2, 0.25) is 11.8 Å². The predicted molar refractivity (Wildman–Crippen MR) is 122 cm³/mol. The average molecular weight is 448 g/mol. The number of aliphatic carboxylic acids is 1. The Labute approximate surface area is 188 Å². The number of rotatable bonds is 5. The molecule has 0 unspecified atom stereocenters. The summed E-state index contributed by atoms with van der Waals surface area (Å²) in [7, 11) is 0. The van der Waals surface area contributed by atoms with Crippen molar-refractivity contribution >= 4 is 29.5 Å². The van der Waals surface area contributed by atoms with E-state index < -0.39 is 22.8 Å². The summed E-state index contributed by atoms with van der Waals surface area (Å²) in [4.78, 5) is 39.7. The molecule has 7 nitrogen and oxygen atoms in total. The number of piperidine rings is 1. The second kappa shape index (κ2) is 10.0. The number of amides is 2. The molecule has 1 aromatic carbocycles. The number of carbonyl (C=O) groups is 3. The number of carboxylic acid groups (broad SMARTS) is 1. The Morgan fingerprint density at radius 3 is 2.35 bits per heavy atom. The molecule has 31 heavy (non-hydrogen) atoms. The van der Waals surface area contributed by atoms with Crippen molar-refractivity contribution in [3.05, 3.63) is 35.9 Å². The molecule has 0 radical (unpaired) electrons. The van der Waals surface area contributed by atoms with Crippen molar-refractivity contribution in [1.82, 2.24) is 15.1 Å². The van der Waals surface area contributed by atoms with E-state index in [0.717, 1.165) is 5.56 Å². The van der Waals surface area contributed by atoms with Crippen molar-refractivity contribution in [3.8, 4) is 0 Å². The number of hydrogen-bond donors (Lipinski definition) is 2. The highest BCUT2D eigenvalue weighted by atomic mass is 32.2. The van der Waals surface area contributed by atoms with Gasteiger partial charge in [-0.05, 0) is 51.9 Å². The highest BCUT2D eigenvalue weighted by molar-refractivity contribution is 8.01. The molecule has 2 N–H and O–H groups in total. The number of nitrogens with zero attached hydrogens (tertiary/aromatic N) is 2. The van der Waals surface area contributed by atoms with Crippen LogP contribution < -0.4 is 5.32 Å². The van der Waals surface area contributed by atoms with E-state index in [1.54, 1.807) is 0 Å². The van der Waals surface area contributed by atoms with Crippen LogP contribution in [0.4, 0.5) is 0 Å². The number of fused-ring (bicyclic) bond motifs is 1. The van der Waals surface area contributed by atoms with E-state index >= 15 is 0 Å². The van der Waals surface area contributed by atoms with Crippen molar-refractivity contribution in [1.29, 1.82) is 0 Å². The van der Waals surface area contributed by atoms with Crippen LogP contribution in [0.5, 0.6) is 0 Å². The van der Waals surface area contributed by atoms with Crippen LogP contribution in [0.1, 0.15) is 45.6 Å². The van der Waals surface area contributed by atoms with Crippen molar-refractivity contribution in [2.75, 3.05) is 19.6 Å². The summed E-state index contributed by atoms with van der Waals surface area (Å²) >= 11 is 1.42. The van der Waals surface area contributed by atoms with Gasteiger partial charge in [0.15, 0.2) is 0 Å². The first-order valence-corrected chi connectivity index (χ1v) is 11.9. The van der Waals surface area contributed by atoms with Crippen LogP contribution in [0.25, 0.3) is 0 Å². The van der Waals surface area contributed by atoms with Gasteiger partial charge in [0.1, 0.15) is 17.5 Å². The zero-order valence-electron chi connectivity index (χ0n) is 18.5. The minimum atomic E-state index is -1.01. The molecule has 2 amide bonds. The van der Waals surface area contributed by atoms with E-state index in [1.807, 2.05) is 44.2 Å². The Hall–Kier alpha value is -2.06. The van der Waals surface area contributed by atoms with Gasteiger partial charge < -0.3 is 20.2 Å². The second-order valence-electron chi connectivity index (χ2n) is 8.80. The molecule has 3 heterocycles. The molecule has 8 heteroatoms. The van der Waals surface area contributed by atoms with E-state index in [0.29, 0.717) is 0 Å². The monoisotopic (exact) mass is 447 g/mol. The molecule has 0 bridgehead atoms. The van der Waals surface area contributed by atoms with Crippen LogP contribution in [0.15, 0.2) is 30.3 Å². The number of carbonyl (C=O) groups excluding carboxylic acids is 2. The molecule has 3 saturated heterocycles. The summed E-state index contributed by atoms with van der Waals surface area (Å²) in [6.45, 7) is 9.80. The van der Waals surface area contributed by atoms with Gasteiger partial charge >= 0.3 is 5.97 Å². The first kappa shape index (κ1) is 23.6. The highest BCUT2D eigenvalue weighted by Crippen LogP contribution is 2.50. The third kappa shape index (κ3) is 5.41. The van der Waals surface area contributed by atoms with Gasteiger partial charge in [-0.3, -0.25) is 9.59 Å². The van der Waals surface area contributed by atoms with E-state index in [4.69, 9.17) is 0 Å². The van der Waals surface area contributed by atoms with Crippen LogP contribution in [0, 0.1) is 0 Å². The fraction of sp³-hybridized carbons (Fsp3) is 0.609. The molecule has 1 aromatic rings. The number of likely N-dealkylation sites (tertiary alicyclic amines) is 1. The van der Waals surface area contributed by atoms with Gasteiger partial charge in [-0.25, -0.2) is 4.79 Å². The first-order valence-electron chi connectivity index (χ1n) is 11.0. The molecule has 3 aliphatic rings. The van der Waals surface area contributed by atoms with Gasteiger partial charge in [0.05, 0.1) is 6.42 Å². The van der Waals surface area contributed by atoms with Crippen molar-refractivity contribution in [2.45, 2.75) is 68.7 Å². The molecule has 4 rings (SSSR count). The normalized spacial score (nSPS) is 26.9. The van der Waals surface area contributed by atoms with Crippen molar-refractivity contribution in [3.63, 3.8) is 0 Å². The maximum atomic E-state index is 12.3.